The molecule has 55 heavy (non-hydrogen) atoms. The molecule has 2 nitrogen and oxygen atoms in total. The maximum atomic E-state index is 2.63. The largest absolute Gasteiger partial charge is 0.310 e. The zero-order valence-electron chi connectivity index (χ0n) is 29.2. The Balaban J connectivity index is 1.18. The van der Waals surface area contributed by atoms with Crippen LogP contribution in [0.1, 0.15) is 0 Å². The summed E-state index contributed by atoms with van der Waals surface area (Å²) in [6.45, 7) is 0.0860. The van der Waals surface area contributed by atoms with Gasteiger partial charge in [0, 0.05) is 73.3 Å². The highest BCUT2D eigenvalue weighted by Gasteiger charge is 2.41. The minimum atomic E-state index is 0.0860. The smallest absolute Gasteiger partial charge is 0.252 e. The van der Waals surface area contributed by atoms with E-state index < -0.39 is 0 Å². The van der Waals surface area contributed by atoms with Crippen molar-refractivity contribution < 1.29 is 0 Å². The van der Waals surface area contributed by atoms with E-state index in [0.717, 1.165) is 0 Å². The van der Waals surface area contributed by atoms with Gasteiger partial charge >= 0.3 is 0 Å². The molecule has 0 spiro atoms. The molecule has 4 aromatic heterocycles. The van der Waals surface area contributed by atoms with E-state index in [1.807, 2.05) is 22.7 Å². The lowest BCUT2D eigenvalue weighted by Gasteiger charge is -2.34. The summed E-state index contributed by atoms with van der Waals surface area (Å²) in [7, 11) is 0. The van der Waals surface area contributed by atoms with Gasteiger partial charge in [0.25, 0.3) is 6.71 Å². The Hall–Kier alpha value is -6.40. The van der Waals surface area contributed by atoms with Crippen molar-refractivity contribution in [2.24, 2.45) is 0 Å². The van der Waals surface area contributed by atoms with Gasteiger partial charge in [-0.15, -0.1) is 22.7 Å². The Bertz CT molecular complexity index is 3710. The molecule has 2 aliphatic heterocycles. The van der Waals surface area contributed by atoms with Crippen LogP contribution < -0.4 is 16.4 Å². The van der Waals surface area contributed by atoms with E-state index in [0.29, 0.717) is 0 Å². The highest BCUT2D eigenvalue weighted by molar-refractivity contribution is 7.26. The molecule has 0 atom stereocenters. The summed E-state index contributed by atoms with van der Waals surface area (Å²) in [5.41, 5.74) is 12.1. The minimum Gasteiger partial charge on any atom is -0.310 e. The van der Waals surface area contributed by atoms with Gasteiger partial charge in [-0.25, -0.2) is 0 Å². The molecule has 0 unspecified atom stereocenters. The quantitative estimate of drug-likeness (QED) is 0.138. The first kappa shape index (κ1) is 28.1. The summed E-state index contributed by atoms with van der Waals surface area (Å²) >= 11 is 3.82. The van der Waals surface area contributed by atoms with Gasteiger partial charge in [-0.05, 0) is 86.5 Å². The maximum absolute atomic E-state index is 2.63. The van der Waals surface area contributed by atoms with Crippen molar-refractivity contribution in [2.75, 3.05) is 0 Å². The van der Waals surface area contributed by atoms with Crippen molar-refractivity contribution in [1.29, 1.82) is 0 Å². The van der Waals surface area contributed by atoms with Crippen LogP contribution in [0.3, 0.4) is 0 Å². The van der Waals surface area contributed by atoms with Crippen molar-refractivity contribution in [1.82, 2.24) is 9.13 Å². The Morgan fingerprint density at radius 1 is 0.364 bits per heavy atom. The number of aromatic nitrogens is 2. The Labute approximate surface area is 321 Å². The van der Waals surface area contributed by atoms with Crippen LogP contribution in [0.25, 0.3) is 117 Å². The van der Waals surface area contributed by atoms with Gasteiger partial charge in [0.15, 0.2) is 0 Å². The summed E-state index contributed by atoms with van der Waals surface area (Å²) < 4.78 is 10.6. The number of fused-ring (bicyclic) bond motifs is 20. The first-order valence-electron chi connectivity index (χ1n) is 19.0. The second-order valence-electron chi connectivity index (χ2n) is 15.6. The summed E-state index contributed by atoms with van der Waals surface area (Å²) in [6, 6.07) is 58.0. The van der Waals surface area contributed by atoms with Gasteiger partial charge in [-0.2, -0.15) is 0 Å². The fourth-order valence-electron chi connectivity index (χ4n) is 10.9. The summed E-state index contributed by atoms with van der Waals surface area (Å²) in [5, 5.41) is 16.0. The van der Waals surface area contributed by atoms with E-state index in [2.05, 4.69) is 161 Å². The molecular formula is C50H25BN2S2. The highest BCUT2D eigenvalue weighted by Crippen LogP contribution is 2.47. The van der Waals surface area contributed by atoms with Crippen LogP contribution in [-0.4, -0.2) is 15.8 Å². The van der Waals surface area contributed by atoms with Gasteiger partial charge in [-0.3, -0.25) is 0 Å². The predicted octanol–water partition coefficient (Wildman–Crippen LogP) is 12.1. The first-order valence-corrected chi connectivity index (χ1v) is 20.7. The number of nitrogens with zero attached hydrogens (tertiary/aromatic N) is 2. The minimum absolute atomic E-state index is 0.0860. The van der Waals surface area contributed by atoms with E-state index in [-0.39, 0.29) is 6.71 Å². The van der Waals surface area contributed by atoms with Crippen molar-refractivity contribution in [3.05, 3.63) is 152 Å². The van der Waals surface area contributed by atoms with E-state index in [1.165, 1.54) is 133 Å². The number of benzene rings is 9. The second kappa shape index (κ2) is 9.45. The van der Waals surface area contributed by atoms with Crippen LogP contribution in [-0.2, 0) is 0 Å². The molecule has 2 aliphatic rings. The lowest BCUT2D eigenvalue weighted by molar-refractivity contribution is 1.15. The predicted molar refractivity (Wildman–Crippen MR) is 241 cm³/mol. The monoisotopic (exact) mass is 728 g/mol. The van der Waals surface area contributed by atoms with Crippen LogP contribution in [0, 0.1) is 0 Å². The second-order valence-corrected chi connectivity index (χ2v) is 17.7. The van der Waals surface area contributed by atoms with E-state index in [4.69, 9.17) is 0 Å². The molecule has 6 heterocycles. The summed E-state index contributed by atoms with van der Waals surface area (Å²) in [6.07, 6.45) is 0. The molecule has 0 amide bonds. The molecule has 0 saturated heterocycles. The Kier molecular flexibility index (Phi) is 4.83. The lowest BCUT2D eigenvalue weighted by atomic mass is 9.34. The Morgan fingerprint density at radius 2 is 0.818 bits per heavy atom. The standard InChI is InChI=1S/C50H25BN2S2/c1-3-12-28-26(10-1)20-36-49-46(28)34-22-32-30-14-5-7-18-42(30)54-44(32)24-40(34)52(49)38-16-9-17-39-48(38)51(36)37-21-27-11-2-4-13-29(27)47-35-23-33-31-15-6-8-19-43(31)55-45(33)25-41(35)53(39)50(37)47/h1-25H. The zero-order chi connectivity index (χ0) is 35.3. The van der Waals surface area contributed by atoms with E-state index >= 15 is 0 Å². The van der Waals surface area contributed by atoms with Crippen LogP contribution in [0.5, 0.6) is 0 Å². The van der Waals surface area contributed by atoms with Crippen LogP contribution >= 0.6 is 22.7 Å². The number of rotatable bonds is 0. The molecular weight excluding hydrogens is 704 g/mol. The lowest BCUT2D eigenvalue weighted by Crippen LogP contribution is -2.59. The van der Waals surface area contributed by atoms with Crippen molar-refractivity contribution >= 4 is 151 Å². The topological polar surface area (TPSA) is 9.86 Å². The third-order valence-corrected chi connectivity index (χ3v) is 15.3. The average Bonchev–Trinajstić information content (AvgIpc) is 3.97. The van der Waals surface area contributed by atoms with E-state index in [9.17, 15) is 0 Å². The SMILES string of the molecule is c1cc2c3c(c1)-n1c4cc5sc6ccccc6c5cc4c4c5ccccc5cc(c41)B3c1cc3ccccc3c3c4cc5c(cc4n-2c13)sc1ccccc15. The average molecular weight is 729 g/mol. The summed E-state index contributed by atoms with van der Waals surface area (Å²) in [4.78, 5) is 0. The van der Waals surface area contributed by atoms with Crippen LogP contribution in [0.2, 0.25) is 0 Å². The number of thiophene rings is 2. The fourth-order valence-corrected chi connectivity index (χ4v) is 13.2. The molecule has 15 rings (SSSR count). The molecule has 250 valence electrons. The molecule has 0 fully saturated rings. The van der Waals surface area contributed by atoms with Crippen molar-refractivity contribution in [3.8, 4) is 11.4 Å². The van der Waals surface area contributed by atoms with Gasteiger partial charge in [0.2, 0.25) is 0 Å². The molecule has 13 aromatic rings. The zero-order valence-corrected chi connectivity index (χ0v) is 30.9. The number of hydrogen-bond donors (Lipinski definition) is 0. The van der Waals surface area contributed by atoms with Gasteiger partial charge < -0.3 is 9.13 Å². The molecule has 0 aliphatic carbocycles. The van der Waals surface area contributed by atoms with Crippen LogP contribution in [0.4, 0.5) is 0 Å². The first-order chi connectivity index (χ1) is 27.3. The molecule has 0 N–H and O–H groups in total. The molecule has 0 saturated carbocycles. The third kappa shape index (κ3) is 3.21. The third-order valence-electron chi connectivity index (χ3n) is 13.0. The van der Waals surface area contributed by atoms with E-state index in [1.54, 1.807) is 0 Å². The fraction of sp³-hybridized carbons (Fsp3) is 0. The van der Waals surface area contributed by atoms with Gasteiger partial charge in [0.05, 0.1) is 22.1 Å². The summed E-state index contributed by atoms with van der Waals surface area (Å²) in [5.74, 6) is 0. The van der Waals surface area contributed by atoms with Crippen molar-refractivity contribution in [2.45, 2.75) is 0 Å². The Morgan fingerprint density at radius 3 is 1.33 bits per heavy atom. The normalized spacial score (nSPS) is 13.4. The van der Waals surface area contributed by atoms with Crippen molar-refractivity contribution in [3.63, 3.8) is 0 Å². The number of hydrogen-bond acceptors (Lipinski definition) is 2. The highest BCUT2D eigenvalue weighted by atomic mass is 32.1. The van der Waals surface area contributed by atoms with Crippen LogP contribution in [0.15, 0.2) is 152 Å². The molecule has 5 heteroatoms. The molecule has 9 aromatic carbocycles. The molecule has 0 bridgehead atoms. The van der Waals surface area contributed by atoms with Gasteiger partial charge in [-0.1, -0.05) is 103 Å². The molecule has 0 radical (unpaired) electrons. The van der Waals surface area contributed by atoms with Gasteiger partial charge in [0.1, 0.15) is 0 Å². The maximum Gasteiger partial charge on any atom is 0.252 e.